The number of pyridine rings is 1. The van der Waals surface area contributed by atoms with Crippen LogP contribution in [0.5, 0.6) is 5.75 Å². The van der Waals surface area contributed by atoms with Crippen molar-refractivity contribution in [3.05, 3.63) is 18.3 Å². The third-order valence-electron chi connectivity index (χ3n) is 1.69. The molecule has 0 aliphatic rings. The van der Waals surface area contributed by atoms with Crippen molar-refractivity contribution in [3.8, 4) is 5.75 Å². The highest BCUT2D eigenvalue weighted by molar-refractivity contribution is 5.39. The van der Waals surface area contributed by atoms with Gasteiger partial charge in [0.25, 0.3) is 0 Å². The van der Waals surface area contributed by atoms with Crippen molar-refractivity contribution in [2.75, 3.05) is 32.2 Å². The van der Waals surface area contributed by atoms with Gasteiger partial charge in [0, 0.05) is 25.9 Å². The monoisotopic (exact) mass is 196 g/mol. The molecule has 1 aromatic rings. The minimum Gasteiger partial charge on any atom is -0.491 e. The molecule has 0 aliphatic heterocycles. The molecule has 4 nitrogen and oxygen atoms in total. The van der Waals surface area contributed by atoms with Gasteiger partial charge in [-0.15, -0.1) is 0 Å². The second-order valence-electron chi connectivity index (χ2n) is 2.67. The molecule has 0 amide bonds. The van der Waals surface area contributed by atoms with E-state index in [1.54, 1.807) is 6.20 Å². The van der Waals surface area contributed by atoms with Crippen LogP contribution in [0.15, 0.2) is 18.3 Å². The van der Waals surface area contributed by atoms with Gasteiger partial charge in [-0.2, -0.15) is 0 Å². The summed E-state index contributed by atoms with van der Waals surface area (Å²) < 4.78 is 10.6. The zero-order valence-electron chi connectivity index (χ0n) is 8.62. The number of hydrogen-bond acceptors (Lipinski definition) is 4. The Morgan fingerprint density at radius 1 is 1.43 bits per heavy atom. The van der Waals surface area contributed by atoms with Gasteiger partial charge in [0.05, 0.1) is 6.61 Å². The van der Waals surface area contributed by atoms with Crippen LogP contribution in [0.3, 0.4) is 0 Å². The van der Waals surface area contributed by atoms with Crippen molar-refractivity contribution in [1.82, 2.24) is 4.98 Å². The first-order valence-corrected chi connectivity index (χ1v) is 4.71. The van der Waals surface area contributed by atoms with Crippen LogP contribution in [0.1, 0.15) is 6.92 Å². The summed E-state index contributed by atoms with van der Waals surface area (Å²) in [6.07, 6.45) is 1.71. The van der Waals surface area contributed by atoms with Gasteiger partial charge in [-0.25, -0.2) is 4.98 Å². The molecule has 14 heavy (non-hydrogen) atoms. The van der Waals surface area contributed by atoms with Gasteiger partial charge in [-0.3, -0.25) is 0 Å². The maximum atomic E-state index is 5.45. The molecule has 4 heteroatoms. The molecule has 0 unspecified atom stereocenters. The molecule has 1 N–H and O–H groups in total. The lowest BCUT2D eigenvalue weighted by Gasteiger charge is -2.06. The van der Waals surface area contributed by atoms with E-state index in [1.165, 1.54) is 0 Å². The van der Waals surface area contributed by atoms with Crippen LogP contribution in [0.25, 0.3) is 0 Å². The number of nitrogens with zero attached hydrogens (tertiary/aromatic N) is 1. The SMILES string of the molecule is CCOCCOc1ccnc(NC)c1. The fraction of sp³-hybridized carbons (Fsp3) is 0.500. The lowest BCUT2D eigenvalue weighted by molar-refractivity contribution is 0.110. The second kappa shape index (κ2) is 6.21. The molecule has 0 saturated heterocycles. The molecule has 0 radical (unpaired) electrons. The van der Waals surface area contributed by atoms with Gasteiger partial charge in [0.1, 0.15) is 18.2 Å². The number of hydrogen-bond donors (Lipinski definition) is 1. The molecular formula is C10H16N2O2. The average Bonchev–Trinajstić information content (AvgIpc) is 2.25. The molecule has 78 valence electrons. The number of nitrogens with one attached hydrogen (secondary N) is 1. The van der Waals surface area contributed by atoms with E-state index < -0.39 is 0 Å². The quantitative estimate of drug-likeness (QED) is 0.701. The van der Waals surface area contributed by atoms with Gasteiger partial charge in [-0.05, 0) is 13.0 Å². The molecule has 1 heterocycles. The molecule has 0 bridgehead atoms. The number of aromatic nitrogens is 1. The Hall–Kier alpha value is -1.29. The Labute approximate surface area is 84.3 Å². The molecule has 1 rings (SSSR count). The molecule has 0 saturated carbocycles. The number of rotatable bonds is 6. The Kier molecular flexibility index (Phi) is 4.78. The molecule has 1 aromatic heterocycles. The molecular weight excluding hydrogens is 180 g/mol. The van der Waals surface area contributed by atoms with Crippen LogP contribution in [0.4, 0.5) is 5.82 Å². The van der Waals surface area contributed by atoms with Crippen molar-refractivity contribution in [1.29, 1.82) is 0 Å². The van der Waals surface area contributed by atoms with E-state index in [0.717, 1.165) is 18.2 Å². The van der Waals surface area contributed by atoms with Crippen LogP contribution in [0.2, 0.25) is 0 Å². The Morgan fingerprint density at radius 3 is 3.00 bits per heavy atom. The zero-order valence-corrected chi connectivity index (χ0v) is 8.62. The predicted molar refractivity (Wildman–Crippen MR) is 55.8 cm³/mol. The fourth-order valence-electron chi connectivity index (χ4n) is 1.00. The zero-order chi connectivity index (χ0) is 10.2. The maximum absolute atomic E-state index is 5.45. The highest BCUT2D eigenvalue weighted by Gasteiger charge is 1.95. The normalized spacial score (nSPS) is 9.86. The number of ether oxygens (including phenoxy) is 2. The lowest BCUT2D eigenvalue weighted by Crippen LogP contribution is -2.06. The summed E-state index contributed by atoms with van der Waals surface area (Å²) in [6.45, 7) is 3.88. The van der Waals surface area contributed by atoms with Crippen molar-refractivity contribution in [2.45, 2.75) is 6.92 Å². The highest BCUT2D eigenvalue weighted by atomic mass is 16.5. The topological polar surface area (TPSA) is 43.4 Å². The van der Waals surface area contributed by atoms with Crippen LogP contribution in [0, 0.1) is 0 Å². The van der Waals surface area contributed by atoms with E-state index in [1.807, 2.05) is 26.1 Å². The van der Waals surface area contributed by atoms with Crippen molar-refractivity contribution in [2.24, 2.45) is 0 Å². The summed E-state index contributed by atoms with van der Waals surface area (Å²) in [6, 6.07) is 3.68. The van der Waals surface area contributed by atoms with Crippen molar-refractivity contribution < 1.29 is 9.47 Å². The second-order valence-corrected chi connectivity index (χ2v) is 2.67. The largest absolute Gasteiger partial charge is 0.491 e. The summed E-state index contributed by atoms with van der Waals surface area (Å²) in [5, 5.41) is 2.95. The number of anilines is 1. The first kappa shape index (κ1) is 10.8. The van der Waals surface area contributed by atoms with Crippen LogP contribution < -0.4 is 10.1 Å². The minimum atomic E-state index is 0.570. The highest BCUT2D eigenvalue weighted by Crippen LogP contribution is 2.13. The summed E-state index contributed by atoms with van der Waals surface area (Å²) in [7, 11) is 1.83. The van der Waals surface area contributed by atoms with Crippen LogP contribution >= 0.6 is 0 Å². The third-order valence-corrected chi connectivity index (χ3v) is 1.69. The summed E-state index contributed by atoms with van der Waals surface area (Å²) >= 11 is 0. The molecule has 0 fully saturated rings. The van der Waals surface area contributed by atoms with E-state index in [2.05, 4.69) is 10.3 Å². The summed E-state index contributed by atoms with van der Waals surface area (Å²) in [4.78, 5) is 4.08. The molecule has 0 atom stereocenters. The van der Waals surface area contributed by atoms with Crippen LogP contribution in [-0.4, -0.2) is 31.9 Å². The molecule has 0 aromatic carbocycles. The van der Waals surface area contributed by atoms with Gasteiger partial charge >= 0.3 is 0 Å². The average molecular weight is 196 g/mol. The maximum Gasteiger partial charge on any atom is 0.129 e. The molecule has 0 aliphatic carbocycles. The van der Waals surface area contributed by atoms with Gasteiger partial charge < -0.3 is 14.8 Å². The van der Waals surface area contributed by atoms with E-state index in [-0.39, 0.29) is 0 Å². The van der Waals surface area contributed by atoms with Crippen molar-refractivity contribution >= 4 is 5.82 Å². The third kappa shape index (κ3) is 3.62. The van der Waals surface area contributed by atoms with Crippen molar-refractivity contribution in [3.63, 3.8) is 0 Å². The Bertz CT molecular complexity index is 266. The van der Waals surface area contributed by atoms with E-state index in [0.29, 0.717) is 13.2 Å². The lowest BCUT2D eigenvalue weighted by atomic mass is 10.4. The van der Waals surface area contributed by atoms with Crippen LogP contribution in [-0.2, 0) is 4.74 Å². The molecule has 0 spiro atoms. The van der Waals surface area contributed by atoms with E-state index in [4.69, 9.17) is 9.47 Å². The fourth-order valence-corrected chi connectivity index (χ4v) is 1.00. The summed E-state index contributed by atoms with van der Waals surface area (Å²) in [5.41, 5.74) is 0. The predicted octanol–water partition coefficient (Wildman–Crippen LogP) is 1.54. The summed E-state index contributed by atoms with van der Waals surface area (Å²) in [5.74, 6) is 1.61. The van der Waals surface area contributed by atoms with Gasteiger partial charge in [0.2, 0.25) is 0 Å². The smallest absolute Gasteiger partial charge is 0.129 e. The van der Waals surface area contributed by atoms with Gasteiger partial charge in [0.15, 0.2) is 0 Å². The first-order valence-electron chi connectivity index (χ1n) is 4.71. The van der Waals surface area contributed by atoms with E-state index >= 15 is 0 Å². The van der Waals surface area contributed by atoms with E-state index in [9.17, 15) is 0 Å². The Balaban J connectivity index is 2.34. The Morgan fingerprint density at radius 2 is 2.29 bits per heavy atom. The first-order chi connectivity index (χ1) is 6.86. The standard InChI is InChI=1S/C10H16N2O2/c1-3-13-6-7-14-9-4-5-12-10(8-9)11-2/h4-5,8H,3,6-7H2,1-2H3,(H,11,12). The minimum absolute atomic E-state index is 0.570. The van der Waals surface area contributed by atoms with Gasteiger partial charge in [-0.1, -0.05) is 0 Å².